The van der Waals surface area contributed by atoms with Gasteiger partial charge in [0, 0.05) is 0 Å². The summed E-state index contributed by atoms with van der Waals surface area (Å²) in [5.74, 6) is 0.939. The Morgan fingerprint density at radius 1 is 1.30 bits per heavy atom. The minimum atomic E-state index is 0.917. The molecule has 4 heteroatoms. The van der Waals surface area contributed by atoms with Crippen molar-refractivity contribution in [3.8, 4) is 0 Å². The fraction of sp³-hybridized carbons (Fsp3) is 0.333. The van der Waals surface area contributed by atoms with E-state index in [1.807, 2.05) is 13.8 Å². The second kappa shape index (κ2) is 1.79. The number of H-pyrrole nitrogens is 1. The maximum Gasteiger partial charge on any atom is 0.169 e. The molecule has 0 radical (unpaired) electrons. The molecule has 2 aromatic heterocycles. The van der Waals surface area contributed by atoms with Gasteiger partial charge in [-0.2, -0.15) is 0 Å². The zero-order valence-corrected chi connectivity index (χ0v) is 6.62. The van der Waals surface area contributed by atoms with Crippen LogP contribution in [0.1, 0.15) is 10.8 Å². The Hall–Kier alpha value is -0.900. The highest BCUT2D eigenvalue weighted by Gasteiger charge is 2.02. The summed E-state index contributed by atoms with van der Waals surface area (Å²) >= 11 is 1.62. The fourth-order valence-electron chi connectivity index (χ4n) is 0.925. The van der Waals surface area contributed by atoms with Gasteiger partial charge in [-0.25, -0.2) is 9.97 Å². The molecule has 0 aromatic carbocycles. The van der Waals surface area contributed by atoms with Crippen molar-refractivity contribution in [2.24, 2.45) is 0 Å². The average molecular weight is 153 g/mol. The van der Waals surface area contributed by atoms with Crippen LogP contribution < -0.4 is 0 Å². The Bertz CT molecular complexity index is 297. The number of aromatic nitrogens is 3. The van der Waals surface area contributed by atoms with E-state index in [1.54, 1.807) is 11.3 Å². The van der Waals surface area contributed by atoms with Gasteiger partial charge >= 0.3 is 0 Å². The highest BCUT2D eigenvalue weighted by Crippen LogP contribution is 2.17. The second-order valence-corrected chi connectivity index (χ2v) is 3.39. The summed E-state index contributed by atoms with van der Waals surface area (Å²) in [6.45, 7) is 3.92. The van der Waals surface area contributed by atoms with Crippen LogP contribution in [0.4, 0.5) is 0 Å². The third-order valence-corrected chi connectivity index (χ3v) is 2.15. The molecule has 2 heterocycles. The molecule has 52 valence electrons. The van der Waals surface area contributed by atoms with Crippen LogP contribution in [0.5, 0.6) is 0 Å². The molecular weight excluding hydrogens is 146 g/mol. The van der Waals surface area contributed by atoms with Crippen molar-refractivity contribution in [2.45, 2.75) is 13.8 Å². The van der Waals surface area contributed by atoms with E-state index in [9.17, 15) is 0 Å². The molecule has 0 saturated carbocycles. The smallest absolute Gasteiger partial charge is 0.169 e. The molecule has 0 spiro atoms. The molecule has 2 rings (SSSR count). The van der Waals surface area contributed by atoms with Crippen LogP contribution in [0.25, 0.3) is 10.5 Å². The lowest BCUT2D eigenvalue weighted by Gasteiger charge is -1.76. The number of aromatic amines is 1. The van der Waals surface area contributed by atoms with Crippen LogP contribution in [0.15, 0.2) is 0 Å². The van der Waals surface area contributed by atoms with Crippen molar-refractivity contribution in [2.75, 3.05) is 0 Å². The largest absolute Gasteiger partial charge is 0.326 e. The number of imidazole rings is 1. The highest BCUT2D eigenvalue weighted by molar-refractivity contribution is 7.18. The lowest BCUT2D eigenvalue weighted by molar-refractivity contribution is 1.15. The average Bonchev–Trinajstić information content (AvgIpc) is 2.21. The topological polar surface area (TPSA) is 41.6 Å². The van der Waals surface area contributed by atoms with Gasteiger partial charge in [-0.1, -0.05) is 11.3 Å². The van der Waals surface area contributed by atoms with Crippen molar-refractivity contribution >= 4 is 21.8 Å². The maximum atomic E-state index is 4.23. The van der Waals surface area contributed by atoms with E-state index in [1.165, 1.54) is 0 Å². The second-order valence-electron chi connectivity index (χ2n) is 2.21. The number of fused-ring (bicyclic) bond motifs is 1. The van der Waals surface area contributed by atoms with Crippen molar-refractivity contribution in [1.29, 1.82) is 0 Å². The standard InChI is InChI=1S/C6H7N3S/c1-3-7-5-6(8-3)10-4(2)9-5/h1-2H3,(H,7,8). The first-order valence-corrected chi connectivity index (χ1v) is 3.87. The number of thiazole rings is 1. The number of hydrogen-bond donors (Lipinski definition) is 1. The molecular formula is C6H7N3S. The van der Waals surface area contributed by atoms with Crippen LogP contribution >= 0.6 is 11.3 Å². The number of nitrogens with one attached hydrogen (secondary N) is 1. The van der Waals surface area contributed by atoms with Gasteiger partial charge in [-0.05, 0) is 13.8 Å². The SMILES string of the molecule is Cc1nc2sc(C)nc2[nH]1. The maximum absolute atomic E-state index is 4.23. The zero-order chi connectivity index (χ0) is 7.14. The van der Waals surface area contributed by atoms with Crippen molar-refractivity contribution in [1.82, 2.24) is 15.0 Å². The first kappa shape index (κ1) is 5.85. The van der Waals surface area contributed by atoms with Gasteiger partial charge < -0.3 is 4.98 Å². The molecule has 2 aromatic rings. The summed E-state index contributed by atoms with van der Waals surface area (Å²) in [6, 6.07) is 0. The van der Waals surface area contributed by atoms with Gasteiger partial charge in [0.1, 0.15) is 5.82 Å². The number of rotatable bonds is 0. The van der Waals surface area contributed by atoms with Crippen LogP contribution in [0.2, 0.25) is 0 Å². The predicted molar refractivity (Wildman–Crippen MR) is 41.2 cm³/mol. The minimum Gasteiger partial charge on any atom is -0.326 e. The van der Waals surface area contributed by atoms with E-state index in [-0.39, 0.29) is 0 Å². The normalized spacial score (nSPS) is 11.0. The van der Waals surface area contributed by atoms with E-state index in [0.29, 0.717) is 0 Å². The Kier molecular flexibility index (Phi) is 1.05. The fourth-order valence-corrected chi connectivity index (χ4v) is 1.72. The minimum absolute atomic E-state index is 0.917. The summed E-state index contributed by atoms with van der Waals surface area (Å²) in [6.07, 6.45) is 0. The summed E-state index contributed by atoms with van der Waals surface area (Å²) in [7, 11) is 0. The number of hydrogen-bond acceptors (Lipinski definition) is 3. The van der Waals surface area contributed by atoms with Crippen LogP contribution in [0, 0.1) is 13.8 Å². The summed E-state index contributed by atoms with van der Waals surface area (Å²) in [5, 5.41) is 1.06. The lowest BCUT2D eigenvalue weighted by atomic mass is 10.7. The molecule has 0 aliphatic heterocycles. The van der Waals surface area contributed by atoms with Gasteiger partial charge in [-0.15, -0.1) is 0 Å². The number of nitrogens with zero attached hydrogens (tertiary/aromatic N) is 2. The molecule has 0 bridgehead atoms. The molecule has 0 fully saturated rings. The molecule has 0 amide bonds. The van der Waals surface area contributed by atoms with Crippen LogP contribution in [0.3, 0.4) is 0 Å². The van der Waals surface area contributed by atoms with E-state index in [0.717, 1.165) is 21.3 Å². The van der Waals surface area contributed by atoms with E-state index < -0.39 is 0 Å². The van der Waals surface area contributed by atoms with Crippen molar-refractivity contribution < 1.29 is 0 Å². The molecule has 1 N–H and O–H groups in total. The zero-order valence-electron chi connectivity index (χ0n) is 5.80. The quantitative estimate of drug-likeness (QED) is 0.625. The summed E-state index contributed by atoms with van der Waals surface area (Å²) in [5.41, 5.74) is 0.917. The van der Waals surface area contributed by atoms with E-state index in [4.69, 9.17) is 0 Å². The van der Waals surface area contributed by atoms with Gasteiger partial charge in [0.05, 0.1) is 5.01 Å². The highest BCUT2D eigenvalue weighted by atomic mass is 32.1. The van der Waals surface area contributed by atoms with Crippen LogP contribution in [-0.4, -0.2) is 15.0 Å². The molecule has 0 aliphatic carbocycles. The third-order valence-electron chi connectivity index (χ3n) is 1.28. The molecule has 0 atom stereocenters. The van der Waals surface area contributed by atoms with Gasteiger partial charge in [0.2, 0.25) is 0 Å². The molecule has 0 aliphatic rings. The summed E-state index contributed by atoms with van der Waals surface area (Å²) < 4.78 is 0. The van der Waals surface area contributed by atoms with Gasteiger partial charge in [-0.3, -0.25) is 0 Å². The Morgan fingerprint density at radius 3 is 2.80 bits per heavy atom. The van der Waals surface area contributed by atoms with Crippen molar-refractivity contribution in [3.05, 3.63) is 10.8 Å². The van der Waals surface area contributed by atoms with E-state index >= 15 is 0 Å². The Balaban J connectivity index is 2.83. The van der Waals surface area contributed by atoms with E-state index in [2.05, 4.69) is 15.0 Å². The van der Waals surface area contributed by atoms with Gasteiger partial charge in [0.25, 0.3) is 0 Å². The Morgan fingerprint density at radius 2 is 2.10 bits per heavy atom. The van der Waals surface area contributed by atoms with Gasteiger partial charge in [0.15, 0.2) is 10.5 Å². The molecule has 10 heavy (non-hydrogen) atoms. The Labute approximate surface area is 62.1 Å². The summed E-state index contributed by atoms with van der Waals surface area (Å²) in [4.78, 5) is 12.5. The molecule has 3 nitrogen and oxygen atoms in total. The predicted octanol–water partition coefficient (Wildman–Crippen LogP) is 1.64. The first-order valence-electron chi connectivity index (χ1n) is 3.05. The van der Waals surface area contributed by atoms with Crippen molar-refractivity contribution in [3.63, 3.8) is 0 Å². The third kappa shape index (κ3) is 0.724. The monoisotopic (exact) mass is 153 g/mol. The lowest BCUT2D eigenvalue weighted by Crippen LogP contribution is -1.72. The number of aryl methyl sites for hydroxylation is 2. The van der Waals surface area contributed by atoms with Crippen LogP contribution in [-0.2, 0) is 0 Å². The first-order chi connectivity index (χ1) is 4.75. The molecule has 0 saturated heterocycles. The molecule has 0 unspecified atom stereocenters.